The lowest BCUT2D eigenvalue weighted by Gasteiger charge is -2.15. The fourth-order valence-corrected chi connectivity index (χ4v) is 10.0. The quantitative estimate of drug-likeness (QED) is 0.0503. The molecule has 1 heterocycles. The summed E-state index contributed by atoms with van der Waals surface area (Å²) in [4.78, 5) is 0. The fourth-order valence-electron chi connectivity index (χ4n) is 7.18. The molecule has 286 valence electrons. The molecule has 0 radical (unpaired) electrons. The number of ether oxygens (including phenoxy) is 2. The van der Waals surface area contributed by atoms with Gasteiger partial charge in [0.05, 0.1) is 13.2 Å². The monoisotopic (exact) mass is 719 g/mol. The number of hydrogen-bond acceptors (Lipinski definition) is 4. The standard InChI is InChI=1S/C45H82O2S2/c1-3-5-7-9-11-13-15-17-19-21-23-25-27-29-31-33-35-46-44-37-42(43-40-48-49-41-43)38-45(39-44)47-36-34-32-30-28-26-24-22-20-18-16-14-12-10-8-6-4-2/h37-39,43H,3-36,40-41H2,1-2H3. The molecule has 0 bridgehead atoms. The fraction of sp³-hybridized carbons (Fsp3) is 0.867. The largest absolute Gasteiger partial charge is 0.493 e. The molecule has 1 aromatic rings. The molecule has 0 spiro atoms. The Balaban J connectivity index is 1.46. The Morgan fingerprint density at radius 3 is 0.939 bits per heavy atom. The lowest BCUT2D eigenvalue weighted by molar-refractivity contribution is 0.289. The Bertz CT molecular complexity index is 768. The van der Waals surface area contributed by atoms with Crippen LogP contribution in [0.5, 0.6) is 11.5 Å². The van der Waals surface area contributed by atoms with Gasteiger partial charge in [0.25, 0.3) is 0 Å². The molecule has 0 N–H and O–H groups in total. The van der Waals surface area contributed by atoms with Gasteiger partial charge in [-0.2, -0.15) is 0 Å². The minimum Gasteiger partial charge on any atom is -0.493 e. The van der Waals surface area contributed by atoms with Gasteiger partial charge in [0.15, 0.2) is 0 Å². The second-order valence-corrected chi connectivity index (χ2v) is 17.9. The van der Waals surface area contributed by atoms with E-state index < -0.39 is 0 Å². The van der Waals surface area contributed by atoms with E-state index >= 15 is 0 Å². The van der Waals surface area contributed by atoms with Crippen molar-refractivity contribution >= 4 is 21.6 Å². The lowest BCUT2D eigenvalue weighted by atomic mass is 10.0. The van der Waals surface area contributed by atoms with Crippen LogP contribution in [0, 0.1) is 0 Å². The summed E-state index contributed by atoms with van der Waals surface area (Å²) in [5.74, 6) is 5.05. The highest BCUT2D eigenvalue weighted by atomic mass is 33.1. The molecule has 0 aliphatic carbocycles. The first-order valence-corrected chi connectivity index (χ1v) is 24.5. The molecule has 4 heteroatoms. The predicted octanol–water partition coefficient (Wildman–Crippen LogP) is 16.4. The van der Waals surface area contributed by atoms with Gasteiger partial charge in [0.2, 0.25) is 0 Å². The van der Waals surface area contributed by atoms with Crippen molar-refractivity contribution in [2.45, 2.75) is 225 Å². The van der Waals surface area contributed by atoms with Crippen molar-refractivity contribution in [1.29, 1.82) is 0 Å². The molecule has 1 aliphatic rings. The van der Waals surface area contributed by atoms with Crippen LogP contribution in [-0.4, -0.2) is 24.7 Å². The van der Waals surface area contributed by atoms with E-state index in [0.717, 1.165) is 37.6 Å². The normalized spacial score (nSPS) is 13.4. The molecule has 0 saturated carbocycles. The molecule has 2 rings (SSSR count). The topological polar surface area (TPSA) is 18.5 Å². The summed E-state index contributed by atoms with van der Waals surface area (Å²) in [5, 5.41) is 0. The first-order valence-electron chi connectivity index (χ1n) is 22.0. The van der Waals surface area contributed by atoms with Crippen LogP contribution in [0.1, 0.15) is 231 Å². The molecule has 0 amide bonds. The third-order valence-corrected chi connectivity index (χ3v) is 13.1. The van der Waals surface area contributed by atoms with E-state index in [4.69, 9.17) is 9.47 Å². The Kier molecular flexibility index (Phi) is 31.5. The van der Waals surface area contributed by atoms with Crippen LogP contribution in [0.15, 0.2) is 18.2 Å². The van der Waals surface area contributed by atoms with Gasteiger partial charge >= 0.3 is 0 Å². The van der Waals surface area contributed by atoms with E-state index in [0.29, 0.717) is 5.92 Å². The molecule has 1 aliphatic heterocycles. The Morgan fingerprint density at radius 1 is 0.388 bits per heavy atom. The maximum Gasteiger partial charge on any atom is 0.123 e. The average Bonchev–Trinajstić information content (AvgIpc) is 3.66. The van der Waals surface area contributed by atoms with Gasteiger partial charge in [-0.05, 0) is 30.5 Å². The number of rotatable bonds is 37. The van der Waals surface area contributed by atoms with Crippen molar-refractivity contribution in [2.75, 3.05) is 24.7 Å². The van der Waals surface area contributed by atoms with Crippen molar-refractivity contribution in [1.82, 2.24) is 0 Å². The van der Waals surface area contributed by atoms with E-state index in [1.165, 1.54) is 210 Å². The highest BCUT2D eigenvalue weighted by Crippen LogP contribution is 2.42. The van der Waals surface area contributed by atoms with Crippen LogP contribution in [0.4, 0.5) is 0 Å². The van der Waals surface area contributed by atoms with E-state index in [1.54, 1.807) is 0 Å². The van der Waals surface area contributed by atoms with Gasteiger partial charge in [-0.25, -0.2) is 0 Å². The second-order valence-electron chi connectivity index (χ2n) is 15.3. The van der Waals surface area contributed by atoms with Crippen LogP contribution in [0.3, 0.4) is 0 Å². The smallest absolute Gasteiger partial charge is 0.123 e. The van der Waals surface area contributed by atoms with Crippen LogP contribution in [0.25, 0.3) is 0 Å². The maximum atomic E-state index is 6.31. The SMILES string of the molecule is CCCCCCCCCCCCCCCCCCOc1cc(OCCCCCCCCCCCCCCCCCC)cc(C2CSSC2)c1. The van der Waals surface area contributed by atoms with E-state index in [9.17, 15) is 0 Å². The van der Waals surface area contributed by atoms with E-state index in [-0.39, 0.29) is 0 Å². The molecule has 1 fully saturated rings. The van der Waals surface area contributed by atoms with Gasteiger partial charge in [-0.1, -0.05) is 228 Å². The van der Waals surface area contributed by atoms with Gasteiger partial charge in [0, 0.05) is 23.5 Å². The van der Waals surface area contributed by atoms with Crippen LogP contribution >= 0.6 is 21.6 Å². The summed E-state index contributed by atoms with van der Waals surface area (Å²) >= 11 is 0. The molecule has 49 heavy (non-hydrogen) atoms. The summed E-state index contributed by atoms with van der Waals surface area (Å²) < 4.78 is 12.6. The maximum absolute atomic E-state index is 6.31. The van der Waals surface area contributed by atoms with Gasteiger partial charge in [0.1, 0.15) is 11.5 Å². The molecular formula is C45H82O2S2. The van der Waals surface area contributed by atoms with Crippen molar-refractivity contribution in [3.05, 3.63) is 23.8 Å². The zero-order valence-electron chi connectivity index (χ0n) is 32.9. The highest BCUT2D eigenvalue weighted by molar-refractivity contribution is 8.77. The molecule has 0 unspecified atom stereocenters. The number of benzene rings is 1. The first kappa shape index (κ1) is 44.7. The van der Waals surface area contributed by atoms with Gasteiger partial charge in [-0.15, -0.1) is 0 Å². The molecule has 0 aromatic heterocycles. The molecule has 1 aromatic carbocycles. The third kappa shape index (κ3) is 26.9. The predicted molar refractivity (Wildman–Crippen MR) is 224 cm³/mol. The van der Waals surface area contributed by atoms with E-state index in [2.05, 4.69) is 32.0 Å². The van der Waals surface area contributed by atoms with Crippen LogP contribution < -0.4 is 9.47 Å². The van der Waals surface area contributed by atoms with Crippen molar-refractivity contribution in [3.8, 4) is 11.5 Å². The van der Waals surface area contributed by atoms with E-state index in [1.807, 2.05) is 21.6 Å². The van der Waals surface area contributed by atoms with Gasteiger partial charge < -0.3 is 9.47 Å². The van der Waals surface area contributed by atoms with Crippen LogP contribution in [-0.2, 0) is 0 Å². The molecule has 2 nitrogen and oxygen atoms in total. The summed E-state index contributed by atoms with van der Waals surface area (Å²) in [6, 6.07) is 6.74. The number of hydrogen-bond donors (Lipinski definition) is 0. The Morgan fingerprint density at radius 2 is 0.653 bits per heavy atom. The van der Waals surface area contributed by atoms with Crippen LogP contribution in [0.2, 0.25) is 0 Å². The first-order chi connectivity index (χ1) is 24.3. The molecule has 0 atom stereocenters. The van der Waals surface area contributed by atoms with Gasteiger partial charge in [-0.3, -0.25) is 0 Å². The Labute approximate surface area is 315 Å². The highest BCUT2D eigenvalue weighted by Gasteiger charge is 2.20. The minimum absolute atomic E-state index is 0.618. The van der Waals surface area contributed by atoms with Crippen molar-refractivity contribution < 1.29 is 9.47 Å². The average molecular weight is 719 g/mol. The summed E-state index contributed by atoms with van der Waals surface area (Å²) in [6.07, 6.45) is 44.9. The molecular weight excluding hydrogens is 637 g/mol. The van der Waals surface area contributed by atoms with Crippen molar-refractivity contribution in [3.63, 3.8) is 0 Å². The zero-order valence-corrected chi connectivity index (χ0v) is 34.5. The summed E-state index contributed by atoms with van der Waals surface area (Å²) in [6.45, 7) is 6.26. The second kappa shape index (κ2) is 34.6. The Hall–Kier alpha value is -0.480. The number of unbranched alkanes of at least 4 members (excludes halogenated alkanes) is 30. The minimum atomic E-state index is 0.618. The molecule has 1 saturated heterocycles. The third-order valence-electron chi connectivity index (χ3n) is 10.5. The summed E-state index contributed by atoms with van der Waals surface area (Å²) in [5.41, 5.74) is 1.41. The summed E-state index contributed by atoms with van der Waals surface area (Å²) in [7, 11) is 4.01. The zero-order chi connectivity index (χ0) is 34.7. The lowest BCUT2D eigenvalue weighted by Crippen LogP contribution is -2.04. The van der Waals surface area contributed by atoms with Crippen molar-refractivity contribution in [2.24, 2.45) is 0 Å².